The van der Waals surface area contributed by atoms with Gasteiger partial charge in [0.05, 0.1) is 0 Å². The maximum absolute atomic E-state index is 12.4. The molecular weight excluding hydrogens is 296 g/mol. The zero-order chi connectivity index (χ0) is 15.8. The van der Waals surface area contributed by atoms with Crippen molar-refractivity contribution in [2.24, 2.45) is 0 Å². The molecule has 0 aliphatic carbocycles. The highest BCUT2D eigenvalue weighted by molar-refractivity contribution is 6.05. The fourth-order valence-electron chi connectivity index (χ4n) is 2.49. The topological polar surface area (TPSA) is 80.4 Å². The summed E-state index contributed by atoms with van der Waals surface area (Å²) in [6.45, 7) is 0.164. The number of aromatic amines is 1. The molecule has 2 heterocycles. The van der Waals surface area contributed by atoms with Gasteiger partial charge in [0, 0.05) is 17.3 Å². The minimum atomic E-state index is -0.476. The smallest absolute Gasteiger partial charge is 0.261 e. The van der Waals surface area contributed by atoms with Crippen molar-refractivity contribution < 1.29 is 14.3 Å². The van der Waals surface area contributed by atoms with E-state index >= 15 is 0 Å². The molecule has 114 valence electrons. The van der Waals surface area contributed by atoms with Crippen LogP contribution < -0.4 is 20.3 Å². The van der Waals surface area contributed by atoms with Crippen molar-refractivity contribution in [1.82, 2.24) is 4.98 Å². The van der Waals surface area contributed by atoms with Gasteiger partial charge in [0.2, 0.25) is 6.79 Å². The summed E-state index contributed by atoms with van der Waals surface area (Å²) >= 11 is 0. The summed E-state index contributed by atoms with van der Waals surface area (Å²) < 4.78 is 10.5. The van der Waals surface area contributed by atoms with Crippen molar-refractivity contribution in [2.75, 3.05) is 12.1 Å². The third-order valence-corrected chi connectivity index (χ3v) is 3.63. The number of carbonyl (C=O) groups excluding carboxylic acids is 1. The Morgan fingerprint density at radius 2 is 1.87 bits per heavy atom. The Hall–Kier alpha value is -3.28. The third-order valence-electron chi connectivity index (χ3n) is 3.63. The van der Waals surface area contributed by atoms with E-state index in [4.69, 9.17) is 9.47 Å². The molecule has 0 atom stereocenters. The van der Waals surface area contributed by atoms with Crippen LogP contribution in [0.1, 0.15) is 10.4 Å². The monoisotopic (exact) mass is 308 g/mol. The molecule has 2 aromatic carbocycles. The number of para-hydroxylation sites is 1. The number of amides is 1. The lowest BCUT2D eigenvalue weighted by Crippen LogP contribution is -2.22. The first-order valence-electron chi connectivity index (χ1n) is 7.04. The molecule has 1 aromatic heterocycles. The summed E-state index contributed by atoms with van der Waals surface area (Å²) in [5, 5.41) is 3.49. The van der Waals surface area contributed by atoms with Crippen molar-refractivity contribution in [1.29, 1.82) is 0 Å². The second-order valence-corrected chi connectivity index (χ2v) is 5.12. The lowest BCUT2D eigenvalue weighted by atomic mass is 10.1. The number of fused-ring (bicyclic) bond motifs is 2. The van der Waals surface area contributed by atoms with Crippen molar-refractivity contribution in [3.05, 3.63) is 64.4 Å². The van der Waals surface area contributed by atoms with Gasteiger partial charge in [-0.05, 0) is 29.7 Å². The molecule has 6 nitrogen and oxygen atoms in total. The minimum absolute atomic E-state index is 0.0568. The van der Waals surface area contributed by atoms with Gasteiger partial charge < -0.3 is 19.8 Å². The first kappa shape index (κ1) is 13.4. The van der Waals surface area contributed by atoms with Crippen molar-refractivity contribution >= 4 is 22.5 Å². The predicted molar refractivity (Wildman–Crippen MR) is 85.1 cm³/mol. The molecule has 23 heavy (non-hydrogen) atoms. The highest BCUT2D eigenvalue weighted by Crippen LogP contribution is 2.34. The van der Waals surface area contributed by atoms with Crippen LogP contribution in [0.4, 0.5) is 5.69 Å². The van der Waals surface area contributed by atoms with Gasteiger partial charge in [-0.1, -0.05) is 18.2 Å². The summed E-state index contributed by atoms with van der Waals surface area (Å²) in [7, 11) is 0. The number of anilines is 1. The van der Waals surface area contributed by atoms with E-state index < -0.39 is 11.5 Å². The van der Waals surface area contributed by atoms with Gasteiger partial charge in [0.25, 0.3) is 11.5 Å². The number of benzene rings is 2. The largest absolute Gasteiger partial charge is 0.454 e. The Morgan fingerprint density at radius 3 is 2.78 bits per heavy atom. The van der Waals surface area contributed by atoms with Crippen molar-refractivity contribution in [3.63, 3.8) is 0 Å². The van der Waals surface area contributed by atoms with E-state index in [1.54, 1.807) is 30.3 Å². The Bertz CT molecular complexity index is 978. The van der Waals surface area contributed by atoms with Crippen LogP contribution in [0.2, 0.25) is 0 Å². The van der Waals surface area contributed by atoms with E-state index in [9.17, 15) is 9.59 Å². The van der Waals surface area contributed by atoms with Crippen LogP contribution in [0.25, 0.3) is 10.9 Å². The Morgan fingerprint density at radius 1 is 1.04 bits per heavy atom. The third kappa shape index (κ3) is 2.40. The van der Waals surface area contributed by atoms with E-state index in [0.717, 1.165) is 5.39 Å². The quantitative estimate of drug-likeness (QED) is 0.762. The molecule has 0 spiro atoms. The molecule has 2 N–H and O–H groups in total. The molecule has 1 aliphatic heterocycles. The number of pyridine rings is 1. The summed E-state index contributed by atoms with van der Waals surface area (Å²) in [6.07, 6.45) is 0. The molecular formula is C17H12N2O4. The van der Waals surface area contributed by atoms with Crippen LogP contribution >= 0.6 is 0 Å². The Kier molecular flexibility index (Phi) is 3.01. The number of ether oxygens (including phenoxy) is 2. The highest BCUT2D eigenvalue weighted by Gasteiger charge is 2.16. The van der Waals surface area contributed by atoms with E-state index in [0.29, 0.717) is 22.7 Å². The first-order valence-corrected chi connectivity index (χ1v) is 7.04. The summed E-state index contributed by atoms with van der Waals surface area (Å²) in [6, 6.07) is 13.9. The minimum Gasteiger partial charge on any atom is -0.454 e. The molecule has 6 heteroatoms. The second kappa shape index (κ2) is 5.17. The van der Waals surface area contributed by atoms with Crippen LogP contribution in [-0.2, 0) is 0 Å². The Labute approximate surface area is 130 Å². The Balaban J connectivity index is 1.66. The average Bonchev–Trinajstić information content (AvgIpc) is 3.01. The maximum Gasteiger partial charge on any atom is 0.261 e. The second-order valence-electron chi connectivity index (χ2n) is 5.12. The van der Waals surface area contributed by atoms with Gasteiger partial charge in [0.1, 0.15) is 5.56 Å². The zero-order valence-corrected chi connectivity index (χ0v) is 12.0. The van der Waals surface area contributed by atoms with Crippen LogP contribution in [0.3, 0.4) is 0 Å². The van der Waals surface area contributed by atoms with Crippen LogP contribution in [0.5, 0.6) is 11.5 Å². The van der Waals surface area contributed by atoms with E-state index in [1.807, 2.05) is 18.2 Å². The molecule has 0 saturated carbocycles. The van der Waals surface area contributed by atoms with Gasteiger partial charge >= 0.3 is 0 Å². The van der Waals surface area contributed by atoms with Gasteiger partial charge in [0.15, 0.2) is 11.5 Å². The average molecular weight is 308 g/mol. The van der Waals surface area contributed by atoms with Gasteiger partial charge in [-0.3, -0.25) is 9.59 Å². The molecule has 1 aliphatic rings. The van der Waals surface area contributed by atoms with Crippen LogP contribution in [0, 0.1) is 0 Å². The number of rotatable bonds is 2. The number of aromatic nitrogens is 1. The van der Waals surface area contributed by atoms with Gasteiger partial charge in [-0.15, -0.1) is 0 Å². The zero-order valence-electron chi connectivity index (χ0n) is 12.0. The lowest BCUT2D eigenvalue weighted by molar-refractivity contribution is 0.102. The molecule has 0 fully saturated rings. The highest BCUT2D eigenvalue weighted by atomic mass is 16.7. The van der Waals surface area contributed by atoms with Crippen molar-refractivity contribution in [2.45, 2.75) is 0 Å². The van der Waals surface area contributed by atoms with Gasteiger partial charge in [-0.25, -0.2) is 0 Å². The molecule has 0 radical (unpaired) electrons. The van der Waals surface area contributed by atoms with Crippen molar-refractivity contribution in [3.8, 4) is 11.5 Å². The molecule has 4 rings (SSSR count). The normalized spacial score (nSPS) is 12.3. The molecule has 0 unspecified atom stereocenters. The SMILES string of the molecule is O=C(Nc1ccc2c(c1)OCO2)c1cc2ccccc2[nH]c1=O. The molecule has 0 saturated heterocycles. The number of hydrogen-bond donors (Lipinski definition) is 2. The summed E-state index contributed by atoms with van der Waals surface area (Å²) in [5.41, 5.74) is 0.854. The standard InChI is InChI=1S/C17H12N2O4/c20-16(18-11-5-6-14-15(8-11)23-9-22-14)12-7-10-3-1-2-4-13(10)19-17(12)21/h1-8H,9H2,(H,18,20)(H,19,21). The van der Waals surface area contributed by atoms with E-state index in [1.165, 1.54) is 0 Å². The fraction of sp³-hybridized carbons (Fsp3) is 0.0588. The van der Waals surface area contributed by atoms with Crippen LogP contribution in [0.15, 0.2) is 53.3 Å². The van der Waals surface area contributed by atoms with E-state index in [2.05, 4.69) is 10.3 Å². The first-order chi connectivity index (χ1) is 11.2. The van der Waals surface area contributed by atoms with Gasteiger partial charge in [-0.2, -0.15) is 0 Å². The summed E-state index contributed by atoms with van der Waals surface area (Å²) in [4.78, 5) is 27.2. The maximum atomic E-state index is 12.4. The molecule has 3 aromatic rings. The number of carbonyl (C=O) groups is 1. The molecule has 1 amide bonds. The predicted octanol–water partition coefficient (Wildman–Crippen LogP) is 2.51. The number of nitrogens with one attached hydrogen (secondary N) is 2. The van der Waals surface area contributed by atoms with E-state index in [-0.39, 0.29) is 12.4 Å². The molecule has 0 bridgehead atoms. The number of hydrogen-bond acceptors (Lipinski definition) is 4. The lowest BCUT2D eigenvalue weighted by Gasteiger charge is -2.06. The summed E-state index contributed by atoms with van der Waals surface area (Å²) in [5.74, 6) is 0.720. The van der Waals surface area contributed by atoms with Crippen LogP contribution in [-0.4, -0.2) is 17.7 Å². The fourth-order valence-corrected chi connectivity index (χ4v) is 2.49. The number of H-pyrrole nitrogens is 1.